The number of benzene rings is 1. The topological polar surface area (TPSA) is 92.4 Å². The molecule has 0 spiro atoms. The number of carboxylic acid groups (broad SMARTS) is 1. The molecule has 0 fully saturated rings. The predicted octanol–water partition coefficient (Wildman–Crippen LogP) is 1.71. The first kappa shape index (κ1) is 14.8. The van der Waals surface area contributed by atoms with Gasteiger partial charge in [-0.3, -0.25) is 4.79 Å². The first-order valence-electron chi connectivity index (χ1n) is 5.08. The van der Waals surface area contributed by atoms with Crippen LogP contribution in [0.15, 0.2) is 27.6 Å². The van der Waals surface area contributed by atoms with Gasteiger partial charge in [0.15, 0.2) is 0 Å². The summed E-state index contributed by atoms with van der Waals surface area (Å²) < 4.78 is 0.805. The Bertz CT molecular complexity index is 468. The highest BCUT2D eigenvalue weighted by Gasteiger charge is 2.18. The van der Waals surface area contributed by atoms with Gasteiger partial charge in [0.1, 0.15) is 6.04 Å². The zero-order chi connectivity index (χ0) is 13.7. The molecule has 0 saturated heterocycles. The molecule has 0 radical (unpaired) electrons. The Kier molecular flexibility index (Phi) is 5.49. The molecular formula is C11H13BrN2O3S. The molecule has 18 heavy (non-hydrogen) atoms. The summed E-state index contributed by atoms with van der Waals surface area (Å²) in [6.45, 7) is 1.29. The Balaban J connectivity index is 2.66. The number of carbonyl (C=O) groups is 2. The van der Waals surface area contributed by atoms with Gasteiger partial charge < -0.3 is 16.2 Å². The van der Waals surface area contributed by atoms with E-state index in [1.54, 1.807) is 18.2 Å². The van der Waals surface area contributed by atoms with E-state index in [0.29, 0.717) is 5.69 Å². The Morgan fingerprint density at radius 3 is 2.72 bits per heavy atom. The zero-order valence-electron chi connectivity index (χ0n) is 9.64. The van der Waals surface area contributed by atoms with E-state index in [2.05, 4.69) is 21.2 Å². The second-order valence-corrected chi connectivity index (χ2v) is 5.51. The first-order valence-corrected chi connectivity index (χ1v) is 6.85. The quantitative estimate of drug-likeness (QED) is 0.564. The van der Waals surface area contributed by atoms with Gasteiger partial charge in [-0.2, -0.15) is 0 Å². The number of nitrogens with one attached hydrogen (secondary N) is 1. The molecule has 4 N–H and O–H groups in total. The molecule has 1 amide bonds. The fourth-order valence-corrected chi connectivity index (χ4v) is 2.90. The molecule has 0 heterocycles. The van der Waals surface area contributed by atoms with E-state index in [1.807, 2.05) is 0 Å². The molecule has 1 rings (SSSR count). The lowest BCUT2D eigenvalue weighted by Crippen LogP contribution is -2.41. The monoisotopic (exact) mass is 332 g/mol. The van der Waals surface area contributed by atoms with Crippen molar-refractivity contribution < 1.29 is 14.7 Å². The van der Waals surface area contributed by atoms with Crippen molar-refractivity contribution in [3.8, 4) is 0 Å². The average molecular weight is 333 g/mol. The molecule has 98 valence electrons. The van der Waals surface area contributed by atoms with Crippen molar-refractivity contribution in [3.63, 3.8) is 0 Å². The summed E-state index contributed by atoms with van der Waals surface area (Å²) in [5.74, 6) is -1.17. The highest BCUT2D eigenvalue weighted by Crippen LogP contribution is 2.29. The minimum Gasteiger partial charge on any atom is -0.480 e. The fraction of sp³-hybridized carbons (Fsp3) is 0.273. The van der Waals surface area contributed by atoms with Crippen molar-refractivity contribution in [2.24, 2.45) is 0 Å². The molecule has 0 saturated carbocycles. The highest BCUT2D eigenvalue weighted by molar-refractivity contribution is 9.10. The molecule has 0 aliphatic carbocycles. The molecule has 0 aromatic heterocycles. The number of rotatable bonds is 5. The summed E-state index contributed by atoms with van der Waals surface area (Å²) in [4.78, 5) is 22.7. The summed E-state index contributed by atoms with van der Waals surface area (Å²) in [6.07, 6.45) is 0. The third kappa shape index (κ3) is 4.58. The van der Waals surface area contributed by atoms with Crippen LogP contribution >= 0.6 is 27.7 Å². The molecule has 1 unspecified atom stereocenters. The lowest BCUT2D eigenvalue weighted by atomic mass is 10.3. The van der Waals surface area contributed by atoms with Crippen molar-refractivity contribution in [2.45, 2.75) is 17.9 Å². The second kappa shape index (κ2) is 6.65. The van der Waals surface area contributed by atoms with Crippen molar-refractivity contribution in [1.82, 2.24) is 5.32 Å². The average Bonchev–Trinajstić information content (AvgIpc) is 2.25. The van der Waals surface area contributed by atoms with Gasteiger partial charge >= 0.3 is 5.97 Å². The van der Waals surface area contributed by atoms with Gasteiger partial charge in [-0.25, -0.2) is 4.79 Å². The summed E-state index contributed by atoms with van der Waals surface area (Å²) in [5, 5.41) is 11.3. The van der Waals surface area contributed by atoms with Gasteiger partial charge in [0.05, 0.1) is 0 Å². The first-order chi connectivity index (χ1) is 8.40. The van der Waals surface area contributed by atoms with E-state index in [-0.39, 0.29) is 11.7 Å². The van der Waals surface area contributed by atoms with Crippen LogP contribution in [-0.4, -0.2) is 28.8 Å². The summed E-state index contributed by atoms with van der Waals surface area (Å²) in [5.41, 5.74) is 6.23. The van der Waals surface area contributed by atoms with Crippen molar-refractivity contribution in [2.75, 3.05) is 11.5 Å². The van der Waals surface area contributed by atoms with Crippen LogP contribution in [0.1, 0.15) is 6.92 Å². The maximum Gasteiger partial charge on any atom is 0.327 e. The van der Waals surface area contributed by atoms with E-state index in [9.17, 15) is 9.59 Å². The maximum atomic E-state index is 10.9. The molecule has 5 nitrogen and oxygen atoms in total. The number of carbonyl (C=O) groups excluding carboxylic acids is 1. The number of carboxylic acids is 1. The van der Waals surface area contributed by atoms with Crippen LogP contribution in [0.25, 0.3) is 0 Å². The number of hydrogen-bond acceptors (Lipinski definition) is 4. The summed E-state index contributed by atoms with van der Waals surface area (Å²) in [6, 6.07) is 4.38. The molecule has 1 aromatic rings. The number of amides is 1. The molecule has 7 heteroatoms. The van der Waals surface area contributed by atoms with Gasteiger partial charge in [-0.1, -0.05) is 0 Å². The SMILES string of the molecule is CC(=O)NC(CSc1ccc(N)cc1Br)C(=O)O. The summed E-state index contributed by atoms with van der Waals surface area (Å²) >= 11 is 4.69. The van der Waals surface area contributed by atoms with Crippen LogP contribution in [0.3, 0.4) is 0 Å². The van der Waals surface area contributed by atoms with Gasteiger partial charge in [0, 0.05) is 27.7 Å². The largest absolute Gasteiger partial charge is 0.480 e. The standard InChI is InChI=1S/C11H13BrN2O3S/c1-6(15)14-9(11(16)17)5-18-10-3-2-7(13)4-8(10)12/h2-4,9H,5,13H2,1H3,(H,14,15)(H,16,17). The minimum atomic E-state index is -1.05. The highest BCUT2D eigenvalue weighted by atomic mass is 79.9. The molecule has 1 aromatic carbocycles. The number of anilines is 1. The predicted molar refractivity (Wildman–Crippen MR) is 74.5 cm³/mol. The summed E-state index contributed by atoms with van der Waals surface area (Å²) in [7, 11) is 0. The Morgan fingerprint density at radius 2 is 2.22 bits per heavy atom. The van der Waals surface area contributed by atoms with Crippen molar-refractivity contribution in [3.05, 3.63) is 22.7 Å². The van der Waals surface area contributed by atoms with Gasteiger partial charge in [-0.05, 0) is 34.1 Å². The van der Waals surface area contributed by atoms with Gasteiger partial charge in [0.2, 0.25) is 5.91 Å². The number of aliphatic carboxylic acids is 1. The van der Waals surface area contributed by atoms with Crippen LogP contribution in [0.4, 0.5) is 5.69 Å². The van der Waals surface area contributed by atoms with Crippen LogP contribution in [0.2, 0.25) is 0 Å². The number of thioether (sulfide) groups is 1. The third-order valence-electron chi connectivity index (χ3n) is 2.04. The van der Waals surface area contributed by atoms with Crippen molar-refractivity contribution in [1.29, 1.82) is 0 Å². The molecule has 0 aliphatic heterocycles. The van der Waals surface area contributed by atoms with Crippen LogP contribution in [-0.2, 0) is 9.59 Å². The van der Waals surface area contributed by atoms with Crippen molar-refractivity contribution >= 4 is 45.3 Å². The normalized spacial score (nSPS) is 11.9. The Hall–Kier alpha value is -1.21. The van der Waals surface area contributed by atoms with E-state index in [1.165, 1.54) is 18.7 Å². The molecule has 0 bridgehead atoms. The van der Waals surface area contributed by atoms with Crippen LogP contribution < -0.4 is 11.1 Å². The number of hydrogen-bond donors (Lipinski definition) is 3. The number of nitrogens with two attached hydrogens (primary N) is 1. The van der Waals surface area contributed by atoms with Gasteiger partial charge in [0.25, 0.3) is 0 Å². The Morgan fingerprint density at radius 1 is 1.56 bits per heavy atom. The number of nitrogen functional groups attached to an aromatic ring is 1. The minimum absolute atomic E-state index is 0.247. The van der Waals surface area contributed by atoms with Crippen LogP contribution in [0, 0.1) is 0 Å². The van der Waals surface area contributed by atoms with Crippen LogP contribution in [0.5, 0.6) is 0 Å². The molecule has 1 atom stereocenters. The third-order valence-corrected chi connectivity index (χ3v) is 4.12. The van der Waals surface area contributed by atoms with E-state index in [4.69, 9.17) is 10.8 Å². The lowest BCUT2D eigenvalue weighted by Gasteiger charge is -2.13. The zero-order valence-corrected chi connectivity index (χ0v) is 12.0. The molecule has 0 aliphatic rings. The fourth-order valence-electron chi connectivity index (χ4n) is 1.23. The Labute approximate surface area is 117 Å². The van der Waals surface area contributed by atoms with Gasteiger partial charge in [-0.15, -0.1) is 11.8 Å². The second-order valence-electron chi connectivity index (χ2n) is 3.59. The number of halogens is 1. The molecular weight excluding hydrogens is 320 g/mol. The van der Waals surface area contributed by atoms with E-state index >= 15 is 0 Å². The maximum absolute atomic E-state index is 10.9. The lowest BCUT2D eigenvalue weighted by molar-refractivity contribution is -0.140. The van der Waals surface area contributed by atoms with E-state index < -0.39 is 12.0 Å². The smallest absolute Gasteiger partial charge is 0.327 e. The van der Waals surface area contributed by atoms with E-state index in [0.717, 1.165) is 9.37 Å².